The quantitative estimate of drug-likeness (QED) is 0.437. The zero-order chi connectivity index (χ0) is 17.6. The van der Waals surface area contributed by atoms with Crippen LogP contribution in [0.25, 0.3) is 11.0 Å². The van der Waals surface area contributed by atoms with Gasteiger partial charge in [-0.2, -0.15) is 5.10 Å². The summed E-state index contributed by atoms with van der Waals surface area (Å²) >= 11 is 0. The minimum Gasteiger partial charge on any atom is -0.273 e. The van der Waals surface area contributed by atoms with Crippen molar-refractivity contribution in [3.05, 3.63) is 76.1 Å². The van der Waals surface area contributed by atoms with Crippen LogP contribution in [0, 0.1) is 10.1 Å². The van der Waals surface area contributed by atoms with Crippen molar-refractivity contribution < 1.29 is 9.72 Å². The molecule has 0 saturated heterocycles. The Morgan fingerprint density at radius 3 is 2.84 bits per heavy atom. The van der Waals surface area contributed by atoms with E-state index in [0.29, 0.717) is 11.1 Å². The molecule has 2 aromatic carbocycles. The molecule has 0 spiro atoms. The van der Waals surface area contributed by atoms with Crippen molar-refractivity contribution in [2.24, 2.45) is 5.10 Å². The molecule has 3 aromatic rings. The number of para-hydroxylation sites is 1. The molecule has 0 fully saturated rings. The topological polar surface area (TPSA) is 110 Å². The van der Waals surface area contributed by atoms with Gasteiger partial charge < -0.3 is 0 Å². The lowest BCUT2D eigenvalue weighted by atomic mass is 10.1. The highest BCUT2D eigenvalue weighted by atomic mass is 16.6. The molecule has 1 amide bonds. The van der Waals surface area contributed by atoms with E-state index in [-0.39, 0.29) is 18.0 Å². The fraction of sp³-hybridized carbons (Fsp3) is 0.0588. The Morgan fingerprint density at radius 2 is 2.00 bits per heavy atom. The maximum atomic E-state index is 11.9. The second kappa shape index (κ2) is 7.26. The van der Waals surface area contributed by atoms with Gasteiger partial charge in [-0.3, -0.25) is 24.9 Å². The average Bonchev–Trinajstić information content (AvgIpc) is 2.62. The van der Waals surface area contributed by atoms with Gasteiger partial charge in [-0.15, -0.1) is 0 Å². The first-order valence-electron chi connectivity index (χ1n) is 7.38. The van der Waals surface area contributed by atoms with Crippen LogP contribution in [0.4, 0.5) is 5.69 Å². The molecule has 1 N–H and O–H groups in total. The van der Waals surface area contributed by atoms with Crippen LogP contribution < -0.4 is 5.43 Å². The Morgan fingerprint density at radius 1 is 1.20 bits per heavy atom. The third-order valence-electron chi connectivity index (χ3n) is 3.41. The number of benzene rings is 2. The van der Waals surface area contributed by atoms with Crippen LogP contribution in [0.3, 0.4) is 0 Å². The average molecular weight is 335 g/mol. The Balaban J connectivity index is 1.66. The number of rotatable bonds is 5. The largest absolute Gasteiger partial charge is 0.273 e. The molecule has 3 rings (SSSR count). The van der Waals surface area contributed by atoms with Gasteiger partial charge in [0.15, 0.2) is 0 Å². The molecule has 0 aliphatic rings. The smallest absolute Gasteiger partial charge is 0.269 e. The summed E-state index contributed by atoms with van der Waals surface area (Å²) in [6, 6.07) is 11.4. The van der Waals surface area contributed by atoms with E-state index in [4.69, 9.17) is 0 Å². The van der Waals surface area contributed by atoms with Gasteiger partial charge in [0.2, 0.25) is 5.91 Å². The zero-order valence-corrected chi connectivity index (χ0v) is 13.0. The summed E-state index contributed by atoms with van der Waals surface area (Å²) in [6.45, 7) is 0. The lowest BCUT2D eigenvalue weighted by Crippen LogP contribution is -2.19. The van der Waals surface area contributed by atoms with Crippen molar-refractivity contribution in [3.8, 4) is 0 Å². The van der Waals surface area contributed by atoms with Crippen LogP contribution in [-0.4, -0.2) is 27.0 Å². The van der Waals surface area contributed by atoms with Crippen molar-refractivity contribution in [3.63, 3.8) is 0 Å². The number of hydrazone groups is 1. The number of non-ortho nitro benzene ring substituents is 1. The number of hydrogen-bond donors (Lipinski definition) is 1. The molecule has 0 unspecified atom stereocenters. The number of carbonyl (C=O) groups is 1. The van der Waals surface area contributed by atoms with E-state index in [1.165, 1.54) is 18.3 Å². The number of hydrogen-bond acceptors (Lipinski definition) is 6. The molecule has 0 atom stereocenters. The number of nitro benzene ring substituents is 1. The predicted octanol–water partition coefficient (Wildman–Crippen LogP) is 2.23. The molecular formula is C17H13N5O3. The monoisotopic (exact) mass is 335 g/mol. The standard InChI is InChI=1S/C17H13N5O3/c23-16(10-12-3-1-5-14(9-12)22(24)25)21-20-11-13-4-2-6-15-17(13)19-8-7-18-15/h1-9,11H,10H2,(H,21,23)/b20-11+. The summed E-state index contributed by atoms with van der Waals surface area (Å²) in [5, 5.41) is 14.7. The molecule has 124 valence electrons. The van der Waals surface area contributed by atoms with E-state index in [1.54, 1.807) is 24.5 Å². The summed E-state index contributed by atoms with van der Waals surface area (Å²) < 4.78 is 0. The number of amides is 1. The number of nitrogens with one attached hydrogen (secondary N) is 1. The van der Waals surface area contributed by atoms with E-state index >= 15 is 0 Å². The third-order valence-corrected chi connectivity index (χ3v) is 3.41. The van der Waals surface area contributed by atoms with Crippen molar-refractivity contribution in [2.75, 3.05) is 0 Å². The van der Waals surface area contributed by atoms with E-state index in [2.05, 4.69) is 20.5 Å². The second-order valence-corrected chi connectivity index (χ2v) is 5.17. The van der Waals surface area contributed by atoms with E-state index < -0.39 is 4.92 Å². The van der Waals surface area contributed by atoms with Crippen LogP contribution in [-0.2, 0) is 11.2 Å². The highest BCUT2D eigenvalue weighted by molar-refractivity contribution is 5.96. The molecule has 25 heavy (non-hydrogen) atoms. The van der Waals surface area contributed by atoms with Crippen molar-refractivity contribution in [1.82, 2.24) is 15.4 Å². The van der Waals surface area contributed by atoms with E-state index in [1.807, 2.05) is 18.2 Å². The second-order valence-electron chi connectivity index (χ2n) is 5.17. The number of fused-ring (bicyclic) bond motifs is 1. The van der Waals surface area contributed by atoms with Gasteiger partial charge in [0, 0.05) is 30.1 Å². The lowest BCUT2D eigenvalue weighted by molar-refractivity contribution is -0.384. The van der Waals surface area contributed by atoms with Crippen LogP contribution in [0.2, 0.25) is 0 Å². The van der Waals surface area contributed by atoms with Gasteiger partial charge in [0.1, 0.15) is 0 Å². The Labute approximate surface area is 142 Å². The first-order chi connectivity index (χ1) is 12.1. The first kappa shape index (κ1) is 16.2. The molecule has 0 aliphatic carbocycles. The molecule has 1 aromatic heterocycles. The molecule has 8 nitrogen and oxygen atoms in total. The molecule has 8 heteroatoms. The van der Waals surface area contributed by atoms with Gasteiger partial charge in [0.05, 0.1) is 28.6 Å². The van der Waals surface area contributed by atoms with Gasteiger partial charge in [-0.25, -0.2) is 5.43 Å². The maximum Gasteiger partial charge on any atom is 0.269 e. The van der Waals surface area contributed by atoms with Crippen molar-refractivity contribution in [2.45, 2.75) is 6.42 Å². The van der Waals surface area contributed by atoms with Crippen LogP contribution in [0.1, 0.15) is 11.1 Å². The third kappa shape index (κ3) is 3.99. The van der Waals surface area contributed by atoms with Crippen molar-refractivity contribution >= 4 is 28.8 Å². The molecule has 0 radical (unpaired) electrons. The summed E-state index contributed by atoms with van der Waals surface area (Å²) in [5.74, 6) is -0.372. The molecule has 0 aliphatic heterocycles. The Bertz CT molecular complexity index is 966. The molecule has 0 bridgehead atoms. The molecule has 1 heterocycles. The number of nitrogens with zero attached hydrogens (tertiary/aromatic N) is 4. The Kier molecular flexibility index (Phi) is 4.70. The van der Waals surface area contributed by atoms with Gasteiger partial charge in [0.25, 0.3) is 5.69 Å². The van der Waals surface area contributed by atoms with Crippen LogP contribution >= 0.6 is 0 Å². The van der Waals surface area contributed by atoms with Gasteiger partial charge in [-0.05, 0) is 11.6 Å². The highest BCUT2D eigenvalue weighted by Crippen LogP contribution is 2.13. The van der Waals surface area contributed by atoms with E-state index in [0.717, 1.165) is 11.1 Å². The predicted molar refractivity (Wildman–Crippen MR) is 92.1 cm³/mol. The maximum absolute atomic E-state index is 11.9. The summed E-state index contributed by atoms with van der Waals surface area (Å²) in [5.41, 5.74) is 5.03. The Hall–Kier alpha value is -3.68. The fourth-order valence-corrected chi connectivity index (χ4v) is 2.30. The minimum atomic E-state index is -0.499. The van der Waals surface area contributed by atoms with Gasteiger partial charge >= 0.3 is 0 Å². The SMILES string of the molecule is O=C(Cc1cccc([N+](=O)[O-])c1)N/N=C/c1cccc2nccnc12. The summed E-state index contributed by atoms with van der Waals surface area (Å²) in [6.07, 6.45) is 4.67. The normalized spacial score (nSPS) is 10.9. The highest BCUT2D eigenvalue weighted by Gasteiger charge is 2.08. The first-order valence-corrected chi connectivity index (χ1v) is 7.38. The van der Waals surface area contributed by atoms with Crippen LogP contribution in [0.15, 0.2) is 60.0 Å². The summed E-state index contributed by atoms with van der Waals surface area (Å²) in [4.78, 5) is 30.6. The zero-order valence-electron chi connectivity index (χ0n) is 13.0. The fourth-order valence-electron chi connectivity index (χ4n) is 2.30. The van der Waals surface area contributed by atoms with Crippen molar-refractivity contribution in [1.29, 1.82) is 0 Å². The minimum absolute atomic E-state index is 0.00559. The molecular weight excluding hydrogens is 322 g/mol. The van der Waals surface area contributed by atoms with Crippen LogP contribution in [0.5, 0.6) is 0 Å². The number of nitro groups is 1. The summed E-state index contributed by atoms with van der Waals surface area (Å²) in [7, 11) is 0. The van der Waals surface area contributed by atoms with E-state index in [9.17, 15) is 14.9 Å². The number of carbonyl (C=O) groups excluding carboxylic acids is 1. The van der Waals surface area contributed by atoms with Gasteiger partial charge in [-0.1, -0.05) is 24.3 Å². The molecule has 0 saturated carbocycles. The number of aromatic nitrogens is 2. The lowest BCUT2D eigenvalue weighted by Gasteiger charge is -2.02.